The minimum Gasteiger partial charge on any atom is -0.378 e. The normalized spacial score (nSPS) is 24.6. The number of amides is 2. The number of nitrogens with zero attached hydrogens (tertiary/aromatic N) is 6. The molecule has 0 saturated carbocycles. The molecule has 0 bridgehead atoms. The Morgan fingerprint density at radius 1 is 1.03 bits per heavy atom. The van der Waals surface area contributed by atoms with E-state index in [4.69, 9.17) is 9.47 Å². The smallest absolute Gasteiger partial charge is 0.224 e. The minimum absolute atomic E-state index is 0.130. The van der Waals surface area contributed by atoms with Crippen LogP contribution in [0.25, 0.3) is 0 Å². The first-order chi connectivity index (χ1) is 14.1. The number of aryl methyl sites for hydroxylation is 1. The lowest BCUT2D eigenvalue weighted by molar-refractivity contribution is -0.151. The first kappa shape index (κ1) is 20.2. The SMILES string of the molecule is O=C(CCn1cnnn1)N1CCC2(CC1)CC(CC(=O)N1CCOCC1)CCO2. The van der Waals surface area contributed by atoms with Crippen molar-refractivity contribution in [1.82, 2.24) is 30.0 Å². The van der Waals surface area contributed by atoms with E-state index in [1.807, 2.05) is 9.80 Å². The van der Waals surface area contributed by atoms with E-state index in [0.29, 0.717) is 71.3 Å². The van der Waals surface area contributed by atoms with Gasteiger partial charge in [0.2, 0.25) is 11.8 Å². The molecule has 1 spiro atoms. The van der Waals surface area contributed by atoms with E-state index < -0.39 is 0 Å². The van der Waals surface area contributed by atoms with Crippen LogP contribution in [0.5, 0.6) is 0 Å². The summed E-state index contributed by atoms with van der Waals surface area (Å²) in [7, 11) is 0. The Balaban J connectivity index is 1.24. The second-order valence-electron chi connectivity index (χ2n) is 8.29. The fraction of sp³-hybridized carbons (Fsp3) is 0.842. The molecule has 0 aliphatic carbocycles. The van der Waals surface area contributed by atoms with Crippen molar-refractivity contribution in [1.29, 1.82) is 0 Å². The predicted octanol–water partition coefficient (Wildman–Crippen LogP) is 0.0999. The van der Waals surface area contributed by atoms with Crippen molar-refractivity contribution >= 4 is 11.8 Å². The number of hydrogen-bond acceptors (Lipinski definition) is 7. The molecule has 0 radical (unpaired) electrons. The van der Waals surface area contributed by atoms with Crippen LogP contribution in [0.4, 0.5) is 0 Å². The van der Waals surface area contributed by atoms with Crippen molar-refractivity contribution in [3.8, 4) is 0 Å². The van der Waals surface area contributed by atoms with E-state index in [1.54, 1.807) is 4.68 Å². The highest BCUT2D eigenvalue weighted by molar-refractivity contribution is 5.77. The van der Waals surface area contributed by atoms with E-state index in [9.17, 15) is 9.59 Å². The Labute approximate surface area is 170 Å². The van der Waals surface area contributed by atoms with Gasteiger partial charge in [-0.15, -0.1) is 5.10 Å². The van der Waals surface area contributed by atoms with Gasteiger partial charge in [-0.25, -0.2) is 4.68 Å². The number of ether oxygens (including phenoxy) is 2. The lowest BCUT2D eigenvalue weighted by Crippen LogP contribution is -2.51. The van der Waals surface area contributed by atoms with Gasteiger partial charge in [0.25, 0.3) is 0 Å². The van der Waals surface area contributed by atoms with Gasteiger partial charge in [0.15, 0.2) is 0 Å². The number of piperidine rings is 1. The third-order valence-electron chi connectivity index (χ3n) is 6.40. The zero-order valence-electron chi connectivity index (χ0n) is 16.9. The van der Waals surface area contributed by atoms with E-state index in [2.05, 4.69) is 15.5 Å². The lowest BCUT2D eigenvalue weighted by Gasteiger charge is -2.46. The maximum atomic E-state index is 12.6. The Hall–Kier alpha value is -2.07. The number of tetrazole rings is 1. The quantitative estimate of drug-likeness (QED) is 0.683. The standard InChI is InChI=1S/C19H30N6O4/c26-17(1-5-25-15-20-21-22-25)23-6-3-19(4-7-23)14-16(2-10-29-19)13-18(27)24-8-11-28-12-9-24/h15-16H,1-14H2. The number of carbonyl (C=O) groups excluding carboxylic acids is 2. The van der Waals surface area contributed by atoms with Gasteiger partial charge >= 0.3 is 0 Å². The summed E-state index contributed by atoms with van der Waals surface area (Å²) < 4.78 is 13.1. The average molecular weight is 406 g/mol. The molecule has 1 atom stereocenters. The van der Waals surface area contributed by atoms with Crippen molar-refractivity contribution in [2.75, 3.05) is 46.0 Å². The predicted molar refractivity (Wildman–Crippen MR) is 102 cm³/mol. The molecule has 0 N–H and O–H groups in total. The molecule has 3 saturated heterocycles. The third-order valence-corrected chi connectivity index (χ3v) is 6.40. The Morgan fingerprint density at radius 3 is 2.52 bits per heavy atom. The van der Waals surface area contributed by atoms with Crippen LogP contribution in [0.2, 0.25) is 0 Å². The number of hydrogen-bond donors (Lipinski definition) is 0. The monoisotopic (exact) mass is 406 g/mol. The molecular weight excluding hydrogens is 376 g/mol. The van der Waals surface area contributed by atoms with Crippen LogP contribution in [0, 0.1) is 5.92 Å². The maximum Gasteiger partial charge on any atom is 0.224 e. The lowest BCUT2D eigenvalue weighted by atomic mass is 9.78. The number of carbonyl (C=O) groups is 2. The molecule has 0 aromatic carbocycles. The van der Waals surface area contributed by atoms with Gasteiger partial charge in [-0.2, -0.15) is 0 Å². The Bertz CT molecular complexity index is 683. The van der Waals surface area contributed by atoms with Crippen molar-refractivity contribution in [3.05, 3.63) is 6.33 Å². The summed E-state index contributed by atoms with van der Waals surface area (Å²) in [5.41, 5.74) is -0.180. The molecule has 29 heavy (non-hydrogen) atoms. The first-order valence-corrected chi connectivity index (χ1v) is 10.6. The zero-order chi connectivity index (χ0) is 20.1. The van der Waals surface area contributed by atoms with Gasteiger partial charge in [0, 0.05) is 45.6 Å². The summed E-state index contributed by atoms with van der Waals surface area (Å²) in [6.45, 7) is 5.30. The van der Waals surface area contributed by atoms with E-state index in [0.717, 1.165) is 25.7 Å². The molecule has 4 heterocycles. The van der Waals surface area contributed by atoms with Gasteiger partial charge < -0.3 is 19.3 Å². The molecule has 2 amide bonds. The van der Waals surface area contributed by atoms with Crippen LogP contribution in [0.1, 0.15) is 38.5 Å². The van der Waals surface area contributed by atoms with Gasteiger partial charge in [-0.1, -0.05) is 0 Å². The van der Waals surface area contributed by atoms with Crippen molar-refractivity contribution < 1.29 is 19.1 Å². The van der Waals surface area contributed by atoms with Crippen LogP contribution in [0.3, 0.4) is 0 Å². The second kappa shape index (κ2) is 9.17. The van der Waals surface area contributed by atoms with E-state index >= 15 is 0 Å². The van der Waals surface area contributed by atoms with Crippen LogP contribution in [-0.2, 0) is 25.6 Å². The molecule has 160 valence electrons. The number of aromatic nitrogens is 4. The van der Waals surface area contributed by atoms with E-state index in [1.165, 1.54) is 6.33 Å². The van der Waals surface area contributed by atoms with Gasteiger partial charge in [0.1, 0.15) is 6.33 Å². The molecule has 3 fully saturated rings. The highest BCUT2D eigenvalue weighted by Gasteiger charge is 2.41. The van der Waals surface area contributed by atoms with Crippen LogP contribution in [0.15, 0.2) is 6.33 Å². The Morgan fingerprint density at radius 2 is 1.79 bits per heavy atom. The largest absolute Gasteiger partial charge is 0.378 e. The molecular formula is C19H30N6O4. The van der Waals surface area contributed by atoms with Crippen molar-refractivity contribution in [3.63, 3.8) is 0 Å². The van der Waals surface area contributed by atoms with Crippen LogP contribution < -0.4 is 0 Å². The van der Waals surface area contributed by atoms with Crippen molar-refractivity contribution in [2.45, 2.75) is 50.7 Å². The first-order valence-electron chi connectivity index (χ1n) is 10.6. The molecule has 3 aliphatic rings. The number of rotatable bonds is 5. The highest BCUT2D eigenvalue weighted by Crippen LogP contribution is 2.39. The van der Waals surface area contributed by atoms with Gasteiger partial charge in [-0.3, -0.25) is 9.59 Å². The topological polar surface area (TPSA) is 103 Å². The molecule has 1 aromatic rings. The fourth-order valence-corrected chi connectivity index (χ4v) is 4.66. The summed E-state index contributed by atoms with van der Waals surface area (Å²) in [6, 6.07) is 0. The highest BCUT2D eigenvalue weighted by atomic mass is 16.5. The van der Waals surface area contributed by atoms with Crippen molar-refractivity contribution in [2.24, 2.45) is 5.92 Å². The Kier molecular flexibility index (Phi) is 6.39. The summed E-state index contributed by atoms with van der Waals surface area (Å²) in [5, 5.41) is 11.0. The second-order valence-corrected chi connectivity index (χ2v) is 8.29. The summed E-state index contributed by atoms with van der Waals surface area (Å²) in [6.07, 6.45) is 6.04. The molecule has 10 heteroatoms. The number of morpholine rings is 1. The zero-order valence-corrected chi connectivity index (χ0v) is 16.9. The molecule has 1 unspecified atom stereocenters. The third kappa shape index (κ3) is 5.11. The molecule has 1 aromatic heterocycles. The average Bonchev–Trinajstić information content (AvgIpc) is 3.27. The van der Waals surface area contributed by atoms with E-state index in [-0.39, 0.29) is 17.4 Å². The van der Waals surface area contributed by atoms with Crippen LogP contribution in [-0.4, -0.2) is 93.4 Å². The summed E-state index contributed by atoms with van der Waals surface area (Å²) >= 11 is 0. The number of likely N-dealkylation sites (tertiary alicyclic amines) is 1. The molecule has 10 nitrogen and oxygen atoms in total. The summed E-state index contributed by atoms with van der Waals surface area (Å²) in [5.74, 6) is 0.733. The summed E-state index contributed by atoms with van der Waals surface area (Å²) in [4.78, 5) is 28.9. The minimum atomic E-state index is -0.180. The maximum absolute atomic E-state index is 12.6. The van der Waals surface area contributed by atoms with Gasteiger partial charge in [-0.05, 0) is 42.0 Å². The molecule has 3 aliphatic heterocycles. The van der Waals surface area contributed by atoms with Gasteiger partial charge in [0.05, 0.1) is 25.4 Å². The fourth-order valence-electron chi connectivity index (χ4n) is 4.66. The molecule has 4 rings (SSSR count). The van der Waals surface area contributed by atoms with Crippen LogP contribution >= 0.6 is 0 Å².